The highest BCUT2D eigenvalue weighted by Gasteiger charge is 2.36. The van der Waals surface area contributed by atoms with Crippen LogP contribution in [0.15, 0.2) is 18.2 Å². The number of anilines is 1. The molecule has 0 aliphatic carbocycles. The Hall–Kier alpha value is -1.82. The summed E-state index contributed by atoms with van der Waals surface area (Å²) in [6.45, 7) is 6.47. The van der Waals surface area contributed by atoms with E-state index in [1.165, 1.54) is 0 Å². The van der Waals surface area contributed by atoms with Gasteiger partial charge in [-0.1, -0.05) is 19.9 Å². The van der Waals surface area contributed by atoms with E-state index in [4.69, 9.17) is 5.26 Å². The Kier molecular flexibility index (Phi) is 2.23. The van der Waals surface area contributed by atoms with E-state index in [9.17, 15) is 4.79 Å². The van der Waals surface area contributed by atoms with Gasteiger partial charge in [0.25, 0.3) is 0 Å². The van der Waals surface area contributed by atoms with Crippen LogP contribution in [0.5, 0.6) is 0 Å². The highest BCUT2D eigenvalue weighted by atomic mass is 16.2. The zero-order valence-corrected chi connectivity index (χ0v) is 9.74. The van der Waals surface area contributed by atoms with Crippen LogP contribution in [0, 0.1) is 11.3 Å². The molecule has 1 aromatic rings. The third-order valence-electron chi connectivity index (χ3n) is 3.08. The van der Waals surface area contributed by atoms with Gasteiger partial charge < -0.3 is 4.90 Å². The summed E-state index contributed by atoms with van der Waals surface area (Å²) in [5, 5.41) is 8.87. The average molecular weight is 214 g/mol. The fourth-order valence-electron chi connectivity index (χ4n) is 2.24. The summed E-state index contributed by atoms with van der Waals surface area (Å²) in [4.78, 5) is 13.3. The molecule has 0 atom stereocenters. The van der Waals surface area contributed by atoms with E-state index in [2.05, 4.69) is 19.9 Å². The van der Waals surface area contributed by atoms with Crippen LogP contribution in [0.4, 0.5) is 5.69 Å². The standard InChI is InChI=1S/C13H14N2O/c1-9(16)15-8-13(2,3)11-5-4-10(7-14)6-12(11)15/h4-6H,8H2,1-3H3. The second-order valence-corrected chi connectivity index (χ2v) is 4.83. The summed E-state index contributed by atoms with van der Waals surface area (Å²) in [5.41, 5.74) is 2.59. The molecule has 1 aliphatic heterocycles. The molecule has 3 nitrogen and oxygen atoms in total. The van der Waals surface area contributed by atoms with Gasteiger partial charge in [-0.3, -0.25) is 4.79 Å². The van der Waals surface area contributed by atoms with Gasteiger partial charge >= 0.3 is 0 Å². The maximum atomic E-state index is 11.5. The lowest BCUT2D eigenvalue weighted by Crippen LogP contribution is -2.31. The molecule has 1 aromatic carbocycles. The molecule has 0 spiro atoms. The molecule has 3 heteroatoms. The predicted molar refractivity (Wildman–Crippen MR) is 62.2 cm³/mol. The smallest absolute Gasteiger partial charge is 0.223 e. The lowest BCUT2D eigenvalue weighted by molar-refractivity contribution is -0.116. The van der Waals surface area contributed by atoms with Crippen molar-refractivity contribution in [2.24, 2.45) is 0 Å². The maximum absolute atomic E-state index is 11.5. The first-order valence-corrected chi connectivity index (χ1v) is 5.28. The fraction of sp³-hybridized carbons (Fsp3) is 0.385. The lowest BCUT2D eigenvalue weighted by Gasteiger charge is -2.19. The van der Waals surface area contributed by atoms with E-state index in [1.54, 1.807) is 17.9 Å². The van der Waals surface area contributed by atoms with Gasteiger partial charge in [-0.15, -0.1) is 0 Å². The van der Waals surface area contributed by atoms with Gasteiger partial charge in [0.1, 0.15) is 0 Å². The summed E-state index contributed by atoms with van der Waals surface area (Å²) in [6.07, 6.45) is 0. The van der Waals surface area contributed by atoms with Crippen molar-refractivity contribution < 1.29 is 4.79 Å². The van der Waals surface area contributed by atoms with Gasteiger partial charge in [-0.25, -0.2) is 0 Å². The molecule has 16 heavy (non-hydrogen) atoms. The van der Waals surface area contributed by atoms with Crippen LogP contribution in [-0.4, -0.2) is 12.5 Å². The zero-order valence-electron chi connectivity index (χ0n) is 9.74. The molecule has 0 N–H and O–H groups in total. The monoisotopic (exact) mass is 214 g/mol. The molecule has 82 valence electrons. The SMILES string of the molecule is CC(=O)N1CC(C)(C)c2ccc(C#N)cc21. The highest BCUT2D eigenvalue weighted by Crippen LogP contribution is 2.40. The minimum Gasteiger partial charge on any atom is -0.311 e. The summed E-state index contributed by atoms with van der Waals surface area (Å²) < 4.78 is 0. The summed E-state index contributed by atoms with van der Waals surface area (Å²) in [5.74, 6) is 0.0296. The first kappa shape index (κ1) is 10.7. The Morgan fingerprint density at radius 3 is 2.75 bits per heavy atom. The zero-order chi connectivity index (χ0) is 11.9. The van der Waals surface area contributed by atoms with Crippen molar-refractivity contribution in [2.75, 3.05) is 11.4 Å². The average Bonchev–Trinajstić information content (AvgIpc) is 2.50. The number of hydrogen-bond donors (Lipinski definition) is 0. The van der Waals surface area contributed by atoms with E-state index in [1.807, 2.05) is 12.1 Å². The Labute approximate surface area is 95.3 Å². The van der Waals surface area contributed by atoms with Crippen LogP contribution >= 0.6 is 0 Å². The van der Waals surface area contributed by atoms with Crippen LogP contribution in [0.3, 0.4) is 0 Å². The molecule has 0 unspecified atom stereocenters. The van der Waals surface area contributed by atoms with Crippen molar-refractivity contribution in [2.45, 2.75) is 26.2 Å². The molecular formula is C13H14N2O. The Bertz CT molecular complexity index is 497. The normalized spacial score (nSPS) is 16.8. The maximum Gasteiger partial charge on any atom is 0.223 e. The van der Waals surface area contributed by atoms with Crippen LogP contribution in [0.2, 0.25) is 0 Å². The van der Waals surface area contributed by atoms with Gasteiger partial charge in [0.2, 0.25) is 5.91 Å². The molecular weight excluding hydrogens is 200 g/mol. The number of benzene rings is 1. The number of carbonyl (C=O) groups excluding carboxylic acids is 1. The molecule has 2 rings (SSSR count). The first-order valence-electron chi connectivity index (χ1n) is 5.28. The van der Waals surface area contributed by atoms with Crippen molar-refractivity contribution in [3.63, 3.8) is 0 Å². The Balaban J connectivity index is 2.60. The quantitative estimate of drug-likeness (QED) is 0.664. The summed E-state index contributed by atoms with van der Waals surface area (Å²) in [6, 6.07) is 7.67. The molecule has 1 aliphatic rings. The summed E-state index contributed by atoms with van der Waals surface area (Å²) in [7, 11) is 0. The molecule has 0 saturated carbocycles. The van der Waals surface area contributed by atoms with E-state index in [0.717, 1.165) is 11.3 Å². The Morgan fingerprint density at radius 2 is 2.19 bits per heavy atom. The number of carbonyl (C=O) groups is 1. The van der Waals surface area contributed by atoms with Crippen molar-refractivity contribution >= 4 is 11.6 Å². The van der Waals surface area contributed by atoms with Crippen LogP contribution in [0.25, 0.3) is 0 Å². The number of amides is 1. The Morgan fingerprint density at radius 1 is 1.50 bits per heavy atom. The molecule has 0 saturated heterocycles. The van der Waals surface area contributed by atoms with Crippen LogP contribution in [-0.2, 0) is 10.2 Å². The van der Waals surface area contributed by atoms with Gasteiger partial charge in [-0.05, 0) is 17.7 Å². The van der Waals surface area contributed by atoms with Crippen molar-refractivity contribution in [3.05, 3.63) is 29.3 Å². The molecule has 0 radical (unpaired) electrons. The minimum absolute atomic E-state index is 0.0296. The number of fused-ring (bicyclic) bond motifs is 1. The second-order valence-electron chi connectivity index (χ2n) is 4.83. The number of hydrogen-bond acceptors (Lipinski definition) is 2. The minimum atomic E-state index is -0.0327. The largest absolute Gasteiger partial charge is 0.311 e. The van der Waals surface area contributed by atoms with E-state index < -0.39 is 0 Å². The molecule has 0 bridgehead atoms. The number of nitrogens with zero attached hydrogens (tertiary/aromatic N) is 2. The van der Waals surface area contributed by atoms with Crippen LogP contribution < -0.4 is 4.90 Å². The van der Waals surface area contributed by atoms with E-state index >= 15 is 0 Å². The van der Waals surface area contributed by atoms with Gasteiger partial charge in [-0.2, -0.15) is 5.26 Å². The van der Waals surface area contributed by atoms with Gasteiger partial charge in [0, 0.05) is 24.6 Å². The van der Waals surface area contributed by atoms with Crippen molar-refractivity contribution in [3.8, 4) is 6.07 Å². The van der Waals surface area contributed by atoms with E-state index in [-0.39, 0.29) is 11.3 Å². The van der Waals surface area contributed by atoms with Gasteiger partial charge in [0.15, 0.2) is 0 Å². The lowest BCUT2D eigenvalue weighted by atomic mass is 9.87. The third kappa shape index (κ3) is 1.47. The van der Waals surface area contributed by atoms with Crippen molar-refractivity contribution in [1.29, 1.82) is 5.26 Å². The molecule has 1 heterocycles. The molecule has 0 fully saturated rings. The van der Waals surface area contributed by atoms with Gasteiger partial charge in [0.05, 0.1) is 11.6 Å². The fourth-order valence-corrected chi connectivity index (χ4v) is 2.24. The van der Waals surface area contributed by atoms with Crippen LogP contribution in [0.1, 0.15) is 31.9 Å². The number of nitriles is 1. The number of rotatable bonds is 0. The first-order chi connectivity index (χ1) is 7.45. The third-order valence-corrected chi connectivity index (χ3v) is 3.08. The molecule has 1 amide bonds. The van der Waals surface area contributed by atoms with E-state index in [0.29, 0.717) is 12.1 Å². The predicted octanol–water partition coefficient (Wildman–Crippen LogP) is 2.20. The second kappa shape index (κ2) is 3.34. The molecule has 0 aromatic heterocycles. The highest BCUT2D eigenvalue weighted by molar-refractivity contribution is 5.94. The summed E-state index contributed by atoms with van der Waals surface area (Å²) >= 11 is 0. The topological polar surface area (TPSA) is 44.1 Å². The van der Waals surface area contributed by atoms with Crippen molar-refractivity contribution in [1.82, 2.24) is 0 Å².